The van der Waals surface area contributed by atoms with Crippen LogP contribution in [0.5, 0.6) is 0 Å². The SMILES string of the molecule is OC[C@H]1O[C@H](O[C@@H]2O[C@H](CO)[C@@H](O)[C@@H]2O)[C@H](O)[C@@H](O)[C@@H]1O. The van der Waals surface area contributed by atoms with E-state index < -0.39 is 68.5 Å². The first-order valence-corrected chi connectivity index (χ1v) is 6.49. The lowest BCUT2D eigenvalue weighted by Crippen LogP contribution is -2.60. The van der Waals surface area contributed by atoms with Crippen molar-refractivity contribution in [3.05, 3.63) is 0 Å². The van der Waals surface area contributed by atoms with Crippen LogP contribution in [0.25, 0.3) is 0 Å². The molecule has 21 heavy (non-hydrogen) atoms. The van der Waals surface area contributed by atoms with E-state index in [0.29, 0.717) is 0 Å². The third kappa shape index (κ3) is 3.19. The van der Waals surface area contributed by atoms with Crippen LogP contribution >= 0.6 is 0 Å². The number of rotatable bonds is 4. The predicted molar refractivity (Wildman–Crippen MR) is 62.6 cm³/mol. The zero-order valence-electron chi connectivity index (χ0n) is 11.0. The number of aliphatic hydroxyl groups is 7. The van der Waals surface area contributed by atoms with E-state index in [1.807, 2.05) is 0 Å². The Morgan fingerprint density at radius 3 is 1.43 bits per heavy atom. The smallest absolute Gasteiger partial charge is 0.189 e. The molecule has 0 spiro atoms. The summed E-state index contributed by atoms with van der Waals surface area (Å²) >= 11 is 0. The first kappa shape index (κ1) is 17.0. The molecule has 0 radical (unpaired) electrons. The minimum atomic E-state index is -1.65. The fourth-order valence-electron chi connectivity index (χ4n) is 2.29. The van der Waals surface area contributed by atoms with Gasteiger partial charge in [-0.25, -0.2) is 0 Å². The molecule has 0 unspecified atom stereocenters. The Bertz CT molecular complexity index is 339. The number of ether oxygens (including phenoxy) is 3. The van der Waals surface area contributed by atoms with Crippen LogP contribution < -0.4 is 0 Å². The number of hydrogen-bond donors (Lipinski definition) is 7. The lowest BCUT2D eigenvalue weighted by molar-refractivity contribution is -0.341. The van der Waals surface area contributed by atoms with E-state index in [4.69, 9.17) is 24.4 Å². The van der Waals surface area contributed by atoms with Gasteiger partial charge >= 0.3 is 0 Å². The average Bonchev–Trinajstić information content (AvgIpc) is 2.75. The van der Waals surface area contributed by atoms with Gasteiger partial charge in [0, 0.05) is 0 Å². The highest BCUT2D eigenvalue weighted by molar-refractivity contribution is 4.91. The summed E-state index contributed by atoms with van der Waals surface area (Å²) in [6.07, 6.45) is -12.8. The second-order valence-electron chi connectivity index (χ2n) is 5.04. The van der Waals surface area contributed by atoms with Gasteiger partial charge in [0.2, 0.25) is 0 Å². The minimum absolute atomic E-state index is 0.549. The van der Waals surface area contributed by atoms with Gasteiger partial charge in [-0.3, -0.25) is 0 Å². The normalized spacial score (nSPS) is 51.3. The molecule has 0 aromatic rings. The fraction of sp³-hybridized carbons (Fsp3) is 1.00. The predicted octanol–water partition coefficient (Wildman–Crippen LogP) is -4.76. The van der Waals surface area contributed by atoms with Crippen molar-refractivity contribution < 1.29 is 50.0 Å². The molecule has 2 rings (SSSR count). The van der Waals surface area contributed by atoms with Crippen LogP contribution in [0.4, 0.5) is 0 Å². The van der Waals surface area contributed by atoms with Gasteiger partial charge in [-0.1, -0.05) is 0 Å². The molecular weight excluding hydrogens is 292 g/mol. The average molecular weight is 312 g/mol. The summed E-state index contributed by atoms with van der Waals surface area (Å²) in [6.45, 7) is -1.17. The van der Waals surface area contributed by atoms with Gasteiger partial charge in [-0.15, -0.1) is 0 Å². The molecule has 7 N–H and O–H groups in total. The van der Waals surface area contributed by atoms with Crippen molar-refractivity contribution in [2.45, 2.75) is 55.3 Å². The maximum atomic E-state index is 9.77. The molecule has 124 valence electrons. The van der Waals surface area contributed by atoms with Crippen LogP contribution in [-0.4, -0.2) is 104 Å². The van der Waals surface area contributed by atoms with E-state index in [2.05, 4.69) is 0 Å². The van der Waals surface area contributed by atoms with Crippen molar-refractivity contribution in [3.63, 3.8) is 0 Å². The molecule has 10 nitrogen and oxygen atoms in total. The van der Waals surface area contributed by atoms with Crippen LogP contribution in [0.1, 0.15) is 0 Å². The van der Waals surface area contributed by atoms with E-state index in [9.17, 15) is 25.5 Å². The number of aliphatic hydroxyl groups excluding tert-OH is 7. The lowest BCUT2D eigenvalue weighted by atomic mass is 9.99. The van der Waals surface area contributed by atoms with Crippen LogP contribution in [0.15, 0.2) is 0 Å². The lowest BCUT2D eigenvalue weighted by Gasteiger charge is -2.40. The van der Waals surface area contributed by atoms with Crippen molar-refractivity contribution in [2.75, 3.05) is 13.2 Å². The Hall–Kier alpha value is -0.400. The third-order valence-electron chi connectivity index (χ3n) is 3.62. The molecule has 0 saturated carbocycles. The summed E-state index contributed by atoms with van der Waals surface area (Å²) in [5.41, 5.74) is 0. The van der Waals surface area contributed by atoms with E-state index in [-0.39, 0.29) is 0 Å². The second kappa shape index (κ2) is 6.79. The van der Waals surface area contributed by atoms with Crippen molar-refractivity contribution >= 4 is 0 Å². The Labute approximate surface area is 119 Å². The van der Waals surface area contributed by atoms with Gasteiger partial charge < -0.3 is 50.0 Å². The molecule has 10 heteroatoms. The summed E-state index contributed by atoms with van der Waals surface area (Å²) in [7, 11) is 0. The molecule has 0 bridgehead atoms. The van der Waals surface area contributed by atoms with Crippen LogP contribution in [0.2, 0.25) is 0 Å². The molecule has 2 fully saturated rings. The van der Waals surface area contributed by atoms with Crippen molar-refractivity contribution in [2.24, 2.45) is 0 Å². The highest BCUT2D eigenvalue weighted by Gasteiger charge is 2.49. The van der Waals surface area contributed by atoms with Gasteiger partial charge in [-0.05, 0) is 0 Å². The molecule has 9 atom stereocenters. The Morgan fingerprint density at radius 1 is 0.619 bits per heavy atom. The van der Waals surface area contributed by atoms with Gasteiger partial charge in [0.25, 0.3) is 0 Å². The fourth-order valence-corrected chi connectivity index (χ4v) is 2.29. The summed E-state index contributed by atoms with van der Waals surface area (Å²) in [4.78, 5) is 0. The Balaban J connectivity index is 2.01. The van der Waals surface area contributed by atoms with Gasteiger partial charge in [0.05, 0.1) is 13.2 Å². The van der Waals surface area contributed by atoms with E-state index in [0.717, 1.165) is 0 Å². The van der Waals surface area contributed by atoms with Crippen molar-refractivity contribution in [3.8, 4) is 0 Å². The second-order valence-corrected chi connectivity index (χ2v) is 5.04. The zero-order chi connectivity index (χ0) is 15.7. The zero-order valence-corrected chi connectivity index (χ0v) is 11.0. The van der Waals surface area contributed by atoms with E-state index in [1.165, 1.54) is 0 Å². The standard InChI is InChI=1S/C11H20O10/c12-1-3-5(14)7(16)9(18)11(19-3)21-10-8(17)6(15)4(2-13)20-10/h3-18H,1-2H2/t3-,4-,5-,6-,7+,8+,9-,10+,11-/m1/s1. The summed E-state index contributed by atoms with van der Waals surface area (Å²) < 4.78 is 15.3. The number of hydrogen-bond acceptors (Lipinski definition) is 10. The molecule has 2 aliphatic rings. The quantitative estimate of drug-likeness (QED) is 0.267. The maximum absolute atomic E-state index is 9.77. The summed E-state index contributed by atoms with van der Waals surface area (Å²) in [6, 6.07) is 0. The van der Waals surface area contributed by atoms with E-state index in [1.54, 1.807) is 0 Å². The summed E-state index contributed by atoms with van der Waals surface area (Å²) in [5, 5.41) is 66.2. The summed E-state index contributed by atoms with van der Waals surface area (Å²) in [5.74, 6) is 0. The highest BCUT2D eigenvalue weighted by Crippen LogP contribution is 2.28. The maximum Gasteiger partial charge on any atom is 0.189 e. The topological polar surface area (TPSA) is 169 Å². The molecular formula is C11H20O10. The molecule has 2 saturated heterocycles. The van der Waals surface area contributed by atoms with Crippen molar-refractivity contribution in [1.29, 1.82) is 0 Å². The third-order valence-corrected chi connectivity index (χ3v) is 3.62. The largest absolute Gasteiger partial charge is 0.394 e. The Morgan fingerprint density at radius 2 is 1.00 bits per heavy atom. The molecule has 0 aliphatic carbocycles. The molecule has 2 aliphatic heterocycles. The molecule has 2 heterocycles. The van der Waals surface area contributed by atoms with Crippen molar-refractivity contribution in [1.82, 2.24) is 0 Å². The van der Waals surface area contributed by atoms with Gasteiger partial charge in [0.15, 0.2) is 12.6 Å². The van der Waals surface area contributed by atoms with Gasteiger partial charge in [-0.2, -0.15) is 0 Å². The van der Waals surface area contributed by atoms with E-state index >= 15 is 0 Å². The first-order chi connectivity index (χ1) is 9.90. The molecule has 0 amide bonds. The highest BCUT2D eigenvalue weighted by atomic mass is 16.8. The molecule has 0 aromatic carbocycles. The monoisotopic (exact) mass is 312 g/mol. The van der Waals surface area contributed by atoms with Gasteiger partial charge in [0.1, 0.15) is 42.7 Å². The first-order valence-electron chi connectivity index (χ1n) is 6.49. The van der Waals surface area contributed by atoms with Crippen LogP contribution in [0, 0.1) is 0 Å². The van der Waals surface area contributed by atoms with Crippen LogP contribution in [-0.2, 0) is 14.2 Å². The molecule has 0 aromatic heterocycles. The Kier molecular flexibility index (Phi) is 5.48. The van der Waals surface area contributed by atoms with Crippen LogP contribution in [0.3, 0.4) is 0 Å². The minimum Gasteiger partial charge on any atom is -0.394 e.